The second kappa shape index (κ2) is 10.2. The van der Waals surface area contributed by atoms with Gasteiger partial charge in [-0.1, -0.05) is 55.1 Å². The number of rotatable bonds is 8. The zero-order valence-corrected chi connectivity index (χ0v) is 15.3. The molecule has 138 valence electrons. The number of carbonyl (C=O) groups is 2. The molecule has 0 unspecified atom stereocenters. The molecule has 0 aromatic heterocycles. The largest absolute Gasteiger partial charge is 0.449 e. The smallest absolute Gasteiger partial charge is 0.413 e. The summed E-state index contributed by atoms with van der Waals surface area (Å²) in [6, 6.07) is 9.90. The van der Waals surface area contributed by atoms with Crippen LogP contribution in [0.15, 0.2) is 66.9 Å². The van der Waals surface area contributed by atoms with Crippen molar-refractivity contribution in [3.8, 4) is 0 Å². The monoisotopic (exact) mass is 354 g/mol. The van der Waals surface area contributed by atoms with Gasteiger partial charge in [0.1, 0.15) is 0 Å². The summed E-state index contributed by atoms with van der Waals surface area (Å²) in [6.45, 7) is 7.37. The van der Waals surface area contributed by atoms with E-state index in [0.717, 1.165) is 12.0 Å². The maximum Gasteiger partial charge on any atom is 0.413 e. The Hall–Kier alpha value is -2.82. The van der Waals surface area contributed by atoms with Gasteiger partial charge in [-0.25, -0.2) is 4.79 Å². The summed E-state index contributed by atoms with van der Waals surface area (Å²) in [5.41, 5.74) is 1.72. The van der Waals surface area contributed by atoms with Gasteiger partial charge in [-0.05, 0) is 25.3 Å². The molecule has 26 heavy (non-hydrogen) atoms. The van der Waals surface area contributed by atoms with E-state index in [1.54, 1.807) is 19.2 Å². The molecule has 5 heteroatoms. The first-order chi connectivity index (χ1) is 12.7. The maximum atomic E-state index is 13.0. The minimum absolute atomic E-state index is 0.0346. The molecular weight excluding hydrogens is 328 g/mol. The Balaban J connectivity index is 2.09. The van der Waals surface area contributed by atoms with E-state index in [1.807, 2.05) is 47.4 Å². The molecule has 0 atom stereocenters. The standard InChI is InChI=1S/C21H26N2O3/c1-3-5-6-10-14-22(16-18-11-8-7-9-12-18)20(24)19-13-15-23(17-19)21(25)26-4-2/h3,5-9,11-12,17H,1,4,10,13-16H2,2H3/b6-5+. The van der Waals surface area contributed by atoms with Gasteiger partial charge in [0.25, 0.3) is 5.91 Å². The Bertz CT molecular complexity index is 680. The SMILES string of the molecule is C=C/C=C/CCN(Cc1ccccc1)C(=O)C1=CN(C(=O)OCC)CC1. The maximum absolute atomic E-state index is 13.0. The fourth-order valence-corrected chi connectivity index (χ4v) is 2.75. The summed E-state index contributed by atoms with van der Waals surface area (Å²) < 4.78 is 5.00. The van der Waals surface area contributed by atoms with Gasteiger partial charge in [-0.3, -0.25) is 9.69 Å². The van der Waals surface area contributed by atoms with E-state index in [9.17, 15) is 9.59 Å². The van der Waals surface area contributed by atoms with Crippen molar-refractivity contribution in [2.75, 3.05) is 19.7 Å². The van der Waals surface area contributed by atoms with Crippen LogP contribution in [0.5, 0.6) is 0 Å². The lowest BCUT2D eigenvalue weighted by atomic mass is 10.1. The van der Waals surface area contributed by atoms with Gasteiger partial charge in [0.2, 0.25) is 0 Å². The molecule has 0 N–H and O–H groups in total. The highest BCUT2D eigenvalue weighted by molar-refractivity contribution is 5.94. The van der Waals surface area contributed by atoms with Crippen LogP contribution in [-0.4, -0.2) is 41.5 Å². The van der Waals surface area contributed by atoms with Crippen molar-refractivity contribution in [2.45, 2.75) is 26.3 Å². The number of hydrogen-bond acceptors (Lipinski definition) is 3. The van der Waals surface area contributed by atoms with Crippen molar-refractivity contribution in [3.05, 3.63) is 72.5 Å². The average Bonchev–Trinajstić information content (AvgIpc) is 3.15. The molecule has 1 aliphatic rings. The van der Waals surface area contributed by atoms with Gasteiger partial charge in [0.05, 0.1) is 6.61 Å². The molecule has 2 amide bonds. The van der Waals surface area contributed by atoms with E-state index >= 15 is 0 Å². The molecule has 0 bridgehead atoms. The Kier molecular flexibility index (Phi) is 7.68. The van der Waals surface area contributed by atoms with Crippen LogP contribution in [0.3, 0.4) is 0 Å². The molecule has 0 aliphatic carbocycles. The lowest BCUT2D eigenvalue weighted by Crippen LogP contribution is -2.32. The predicted octanol–water partition coefficient (Wildman–Crippen LogP) is 3.89. The first kappa shape index (κ1) is 19.5. The highest BCUT2D eigenvalue weighted by Crippen LogP contribution is 2.19. The van der Waals surface area contributed by atoms with Crippen molar-refractivity contribution in [2.24, 2.45) is 0 Å². The molecule has 5 nitrogen and oxygen atoms in total. The predicted molar refractivity (Wildman–Crippen MR) is 102 cm³/mol. The van der Waals surface area contributed by atoms with Gasteiger partial charge in [0.15, 0.2) is 0 Å². The van der Waals surface area contributed by atoms with E-state index in [1.165, 1.54) is 4.90 Å². The second-order valence-corrected chi connectivity index (χ2v) is 5.96. The number of ether oxygens (including phenoxy) is 1. The molecule has 0 saturated heterocycles. The Morgan fingerprint density at radius 1 is 1.31 bits per heavy atom. The number of allylic oxidation sites excluding steroid dienone is 2. The van der Waals surface area contributed by atoms with Gasteiger partial charge in [-0.15, -0.1) is 0 Å². The summed E-state index contributed by atoms with van der Waals surface area (Å²) in [7, 11) is 0. The van der Waals surface area contributed by atoms with Crippen molar-refractivity contribution in [1.29, 1.82) is 0 Å². The zero-order chi connectivity index (χ0) is 18.8. The average molecular weight is 354 g/mol. The molecule has 0 spiro atoms. The number of carbonyl (C=O) groups excluding carboxylic acids is 2. The Morgan fingerprint density at radius 3 is 2.77 bits per heavy atom. The summed E-state index contributed by atoms with van der Waals surface area (Å²) in [4.78, 5) is 28.1. The van der Waals surface area contributed by atoms with Gasteiger partial charge in [-0.2, -0.15) is 0 Å². The number of hydrogen-bond donors (Lipinski definition) is 0. The fourth-order valence-electron chi connectivity index (χ4n) is 2.75. The van der Waals surface area contributed by atoms with Crippen LogP contribution in [-0.2, 0) is 16.1 Å². The van der Waals surface area contributed by atoms with Crippen LogP contribution < -0.4 is 0 Å². The lowest BCUT2D eigenvalue weighted by Gasteiger charge is -2.22. The first-order valence-corrected chi connectivity index (χ1v) is 8.90. The zero-order valence-electron chi connectivity index (χ0n) is 15.3. The van der Waals surface area contributed by atoms with Gasteiger partial charge in [0, 0.05) is 31.4 Å². The third-order valence-electron chi connectivity index (χ3n) is 4.05. The molecule has 0 saturated carbocycles. The van der Waals surface area contributed by atoms with Gasteiger partial charge >= 0.3 is 6.09 Å². The van der Waals surface area contributed by atoms with E-state index in [2.05, 4.69) is 6.58 Å². The normalized spacial score (nSPS) is 13.6. The minimum atomic E-state index is -0.404. The molecule has 1 heterocycles. The third-order valence-corrected chi connectivity index (χ3v) is 4.05. The van der Waals surface area contributed by atoms with Crippen molar-refractivity contribution < 1.29 is 14.3 Å². The van der Waals surface area contributed by atoms with E-state index < -0.39 is 6.09 Å². The van der Waals surface area contributed by atoms with Crippen molar-refractivity contribution in [3.63, 3.8) is 0 Å². The van der Waals surface area contributed by atoms with E-state index in [0.29, 0.717) is 38.2 Å². The molecule has 1 aliphatic heterocycles. The van der Waals surface area contributed by atoms with Crippen LogP contribution in [0.1, 0.15) is 25.3 Å². The second-order valence-electron chi connectivity index (χ2n) is 5.96. The quantitative estimate of drug-likeness (QED) is 0.666. The fraction of sp³-hybridized carbons (Fsp3) is 0.333. The summed E-state index contributed by atoms with van der Waals surface area (Å²) >= 11 is 0. The number of benzene rings is 1. The van der Waals surface area contributed by atoms with Crippen LogP contribution in [0.4, 0.5) is 4.79 Å². The number of nitrogens with zero attached hydrogens (tertiary/aromatic N) is 2. The van der Waals surface area contributed by atoms with Gasteiger partial charge < -0.3 is 9.64 Å². The number of amides is 2. The molecule has 1 aromatic carbocycles. The van der Waals surface area contributed by atoms with E-state index in [-0.39, 0.29) is 5.91 Å². The minimum Gasteiger partial charge on any atom is -0.449 e. The topological polar surface area (TPSA) is 49.9 Å². The lowest BCUT2D eigenvalue weighted by molar-refractivity contribution is -0.127. The summed E-state index contributed by atoms with van der Waals surface area (Å²) in [5.74, 6) is -0.0346. The molecule has 0 radical (unpaired) electrons. The summed E-state index contributed by atoms with van der Waals surface area (Å²) in [5, 5.41) is 0. The van der Waals surface area contributed by atoms with Crippen molar-refractivity contribution >= 4 is 12.0 Å². The Morgan fingerprint density at radius 2 is 2.08 bits per heavy atom. The highest BCUT2D eigenvalue weighted by Gasteiger charge is 2.26. The van der Waals surface area contributed by atoms with Crippen molar-refractivity contribution in [1.82, 2.24) is 9.80 Å². The molecule has 0 fully saturated rings. The molecule has 1 aromatic rings. The molecule has 2 rings (SSSR count). The third kappa shape index (κ3) is 5.62. The molecular formula is C21H26N2O3. The summed E-state index contributed by atoms with van der Waals surface area (Å²) in [6.07, 6.45) is 8.11. The highest BCUT2D eigenvalue weighted by atomic mass is 16.6. The van der Waals surface area contributed by atoms with Crippen LogP contribution in [0, 0.1) is 0 Å². The van der Waals surface area contributed by atoms with Crippen LogP contribution in [0.2, 0.25) is 0 Å². The van der Waals surface area contributed by atoms with Crippen LogP contribution in [0.25, 0.3) is 0 Å². The Labute approximate surface area is 155 Å². The van der Waals surface area contributed by atoms with Crippen LogP contribution >= 0.6 is 0 Å². The first-order valence-electron chi connectivity index (χ1n) is 8.90. The van der Waals surface area contributed by atoms with E-state index in [4.69, 9.17) is 4.74 Å².